The highest BCUT2D eigenvalue weighted by molar-refractivity contribution is 6.10. The van der Waals surface area contributed by atoms with Gasteiger partial charge in [0, 0.05) is 22.7 Å². The number of fused-ring (bicyclic) bond motifs is 1. The number of Topliss-reactive ketones (excluding diaryl/α,β-unsaturated/α-hetero) is 1. The molecule has 1 heterocycles. The molecule has 0 unspecified atom stereocenters. The van der Waals surface area contributed by atoms with E-state index in [4.69, 9.17) is 9.47 Å². The lowest BCUT2D eigenvalue weighted by molar-refractivity contribution is -0.153. The zero-order chi connectivity index (χ0) is 18.7. The Bertz CT molecular complexity index is 932. The number of nitrogens with one attached hydrogen (secondary N) is 1. The van der Waals surface area contributed by atoms with Crippen LogP contribution in [0.15, 0.2) is 54.7 Å². The number of rotatable bonds is 6. The van der Waals surface area contributed by atoms with Crippen LogP contribution >= 0.6 is 0 Å². The average Bonchev–Trinajstić information content (AvgIpc) is 3.07. The Morgan fingerprint density at radius 1 is 1.00 bits per heavy atom. The molecule has 1 aromatic heterocycles. The van der Waals surface area contributed by atoms with Crippen LogP contribution in [0.2, 0.25) is 0 Å². The van der Waals surface area contributed by atoms with Crippen LogP contribution in [0.5, 0.6) is 5.75 Å². The summed E-state index contributed by atoms with van der Waals surface area (Å²) in [6, 6.07) is 12.7. The number of aromatic amines is 1. The highest BCUT2D eigenvalue weighted by atomic mass is 19.1. The summed E-state index contributed by atoms with van der Waals surface area (Å²) in [5.41, 5.74) is 1.30. The molecule has 0 aliphatic heterocycles. The largest absolute Gasteiger partial charge is 0.479 e. The number of H-pyrrole nitrogens is 1. The maximum atomic E-state index is 12.9. The molecule has 0 fully saturated rings. The van der Waals surface area contributed by atoms with Crippen molar-refractivity contribution in [1.82, 2.24) is 4.98 Å². The van der Waals surface area contributed by atoms with Crippen LogP contribution in [0.25, 0.3) is 10.9 Å². The number of ether oxygens (including phenoxy) is 2. The van der Waals surface area contributed by atoms with Crippen molar-refractivity contribution >= 4 is 22.7 Å². The van der Waals surface area contributed by atoms with Crippen molar-refractivity contribution in [2.75, 3.05) is 0 Å². The van der Waals surface area contributed by atoms with Crippen molar-refractivity contribution in [3.63, 3.8) is 0 Å². The second kappa shape index (κ2) is 7.39. The zero-order valence-electron chi connectivity index (χ0n) is 14.4. The van der Waals surface area contributed by atoms with Crippen molar-refractivity contribution in [2.45, 2.75) is 26.1 Å². The number of benzene rings is 2. The highest BCUT2D eigenvalue weighted by Crippen LogP contribution is 2.20. The van der Waals surface area contributed by atoms with E-state index in [0.29, 0.717) is 11.3 Å². The molecule has 0 aliphatic rings. The van der Waals surface area contributed by atoms with Gasteiger partial charge in [0.15, 0.2) is 12.2 Å². The molecular weight excluding hydrogens is 337 g/mol. The smallest absolute Gasteiger partial charge is 0.347 e. The molecule has 2 atom stereocenters. The minimum absolute atomic E-state index is 0.301. The number of carbonyl (C=O) groups is 2. The van der Waals surface area contributed by atoms with E-state index in [1.54, 1.807) is 6.20 Å². The number of ketones is 1. The van der Waals surface area contributed by atoms with E-state index >= 15 is 0 Å². The molecule has 0 bridgehead atoms. The third-order valence-corrected chi connectivity index (χ3v) is 3.98. The third kappa shape index (κ3) is 3.74. The van der Waals surface area contributed by atoms with Crippen molar-refractivity contribution in [1.29, 1.82) is 0 Å². The quantitative estimate of drug-likeness (QED) is 0.538. The summed E-state index contributed by atoms with van der Waals surface area (Å²) in [4.78, 5) is 27.8. The van der Waals surface area contributed by atoms with Gasteiger partial charge in [-0.25, -0.2) is 9.18 Å². The highest BCUT2D eigenvalue weighted by Gasteiger charge is 2.25. The molecule has 0 saturated carbocycles. The van der Waals surface area contributed by atoms with Crippen LogP contribution in [0.1, 0.15) is 24.2 Å². The molecule has 3 aromatic rings. The van der Waals surface area contributed by atoms with Gasteiger partial charge in [-0.2, -0.15) is 0 Å². The van der Waals surface area contributed by atoms with E-state index in [1.807, 2.05) is 24.3 Å². The van der Waals surface area contributed by atoms with Gasteiger partial charge >= 0.3 is 5.97 Å². The monoisotopic (exact) mass is 355 g/mol. The van der Waals surface area contributed by atoms with Gasteiger partial charge in [0.2, 0.25) is 5.78 Å². The molecule has 26 heavy (non-hydrogen) atoms. The molecular formula is C20H18FNO4. The summed E-state index contributed by atoms with van der Waals surface area (Å²) >= 11 is 0. The number of carbonyl (C=O) groups excluding carboxylic acids is 2. The molecule has 0 saturated heterocycles. The van der Waals surface area contributed by atoms with Gasteiger partial charge in [-0.05, 0) is 44.2 Å². The number of halogens is 1. The standard InChI is InChI=1S/C20H18FNO4/c1-12(19(23)17-11-22-18-6-4-3-5-16(17)18)26-20(24)13(2)25-15-9-7-14(21)8-10-15/h3-13,22H,1-2H3/t12-,13-/m0/s1. The summed E-state index contributed by atoms with van der Waals surface area (Å²) in [7, 11) is 0. The molecule has 0 aliphatic carbocycles. The fourth-order valence-electron chi connectivity index (χ4n) is 2.58. The second-order valence-electron chi connectivity index (χ2n) is 5.91. The fourth-order valence-corrected chi connectivity index (χ4v) is 2.58. The van der Waals surface area contributed by atoms with Gasteiger partial charge in [0.1, 0.15) is 11.6 Å². The van der Waals surface area contributed by atoms with Crippen molar-refractivity contribution in [3.05, 3.63) is 66.1 Å². The molecule has 0 amide bonds. The lowest BCUT2D eigenvalue weighted by Gasteiger charge is -2.17. The Balaban J connectivity index is 1.64. The molecule has 134 valence electrons. The maximum Gasteiger partial charge on any atom is 0.347 e. The van der Waals surface area contributed by atoms with Crippen LogP contribution in [0.4, 0.5) is 4.39 Å². The predicted molar refractivity (Wildman–Crippen MR) is 94.7 cm³/mol. The van der Waals surface area contributed by atoms with Gasteiger partial charge in [0.25, 0.3) is 0 Å². The number of hydrogen-bond acceptors (Lipinski definition) is 4. The molecule has 2 aromatic carbocycles. The first-order valence-electron chi connectivity index (χ1n) is 8.19. The lowest BCUT2D eigenvalue weighted by atomic mass is 10.1. The van der Waals surface area contributed by atoms with E-state index < -0.39 is 24.0 Å². The number of aromatic nitrogens is 1. The fraction of sp³-hybridized carbons (Fsp3) is 0.200. The Labute approximate surface area is 149 Å². The van der Waals surface area contributed by atoms with Gasteiger partial charge < -0.3 is 14.5 Å². The molecule has 6 heteroatoms. The SMILES string of the molecule is C[C@H](Oc1ccc(F)cc1)C(=O)O[C@@H](C)C(=O)c1c[nH]c2ccccc12. The van der Waals surface area contributed by atoms with E-state index in [9.17, 15) is 14.0 Å². The Morgan fingerprint density at radius 3 is 2.42 bits per heavy atom. The third-order valence-electron chi connectivity index (χ3n) is 3.98. The average molecular weight is 355 g/mol. The second-order valence-corrected chi connectivity index (χ2v) is 5.91. The molecule has 0 radical (unpaired) electrons. The summed E-state index contributed by atoms with van der Waals surface area (Å²) in [5, 5.41) is 0.774. The van der Waals surface area contributed by atoms with E-state index in [1.165, 1.54) is 38.1 Å². The Morgan fingerprint density at radius 2 is 1.69 bits per heavy atom. The van der Waals surface area contributed by atoms with Crippen molar-refractivity contribution in [3.8, 4) is 5.75 Å². The van der Waals surface area contributed by atoms with Crippen LogP contribution in [0, 0.1) is 5.82 Å². The predicted octanol–water partition coefficient (Wildman–Crippen LogP) is 3.89. The first-order chi connectivity index (χ1) is 12.5. The number of esters is 1. The van der Waals surface area contributed by atoms with Crippen LogP contribution in [0.3, 0.4) is 0 Å². The topological polar surface area (TPSA) is 68.4 Å². The van der Waals surface area contributed by atoms with E-state index in [-0.39, 0.29) is 5.78 Å². The first kappa shape index (κ1) is 17.7. The molecule has 1 N–H and O–H groups in total. The number of hydrogen-bond donors (Lipinski definition) is 1. The van der Waals surface area contributed by atoms with Crippen LogP contribution < -0.4 is 4.74 Å². The summed E-state index contributed by atoms with van der Waals surface area (Å²) in [6.45, 7) is 3.03. The minimum Gasteiger partial charge on any atom is -0.479 e. The first-order valence-corrected chi connectivity index (χ1v) is 8.19. The summed E-state index contributed by atoms with van der Waals surface area (Å²) < 4.78 is 23.6. The summed E-state index contributed by atoms with van der Waals surface area (Å²) in [5.74, 6) is -1.03. The Hall–Kier alpha value is -3.15. The van der Waals surface area contributed by atoms with E-state index in [2.05, 4.69) is 4.98 Å². The molecule has 3 rings (SSSR count). The van der Waals surface area contributed by atoms with Gasteiger partial charge in [-0.3, -0.25) is 4.79 Å². The number of para-hydroxylation sites is 1. The molecule has 5 nitrogen and oxygen atoms in total. The molecule has 0 spiro atoms. The van der Waals surface area contributed by atoms with Crippen molar-refractivity contribution in [2.24, 2.45) is 0 Å². The lowest BCUT2D eigenvalue weighted by Crippen LogP contribution is -2.32. The maximum absolute atomic E-state index is 12.9. The van der Waals surface area contributed by atoms with Crippen LogP contribution in [-0.4, -0.2) is 28.9 Å². The van der Waals surface area contributed by atoms with Crippen molar-refractivity contribution < 1.29 is 23.5 Å². The van der Waals surface area contributed by atoms with E-state index in [0.717, 1.165) is 10.9 Å². The Kier molecular flexibility index (Phi) is 5.02. The normalized spacial score (nSPS) is 13.2. The van der Waals surface area contributed by atoms with Gasteiger partial charge in [-0.15, -0.1) is 0 Å². The minimum atomic E-state index is -0.957. The van der Waals surface area contributed by atoms with Crippen LogP contribution in [-0.2, 0) is 9.53 Å². The summed E-state index contributed by atoms with van der Waals surface area (Å²) in [6.07, 6.45) is -0.282. The zero-order valence-corrected chi connectivity index (χ0v) is 14.4. The van der Waals surface area contributed by atoms with Gasteiger partial charge in [-0.1, -0.05) is 18.2 Å². The van der Waals surface area contributed by atoms with Gasteiger partial charge in [0.05, 0.1) is 0 Å².